The molecule has 0 spiro atoms. The van der Waals surface area contributed by atoms with Crippen molar-refractivity contribution in [1.82, 2.24) is 5.32 Å². The van der Waals surface area contributed by atoms with Crippen molar-refractivity contribution >= 4 is 5.97 Å². The number of carbonyl (C=O) groups is 1. The van der Waals surface area contributed by atoms with Crippen molar-refractivity contribution in [2.45, 2.75) is 19.5 Å². The minimum Gasteiger partial charge on any atom is -0.478 e. The second-order valence-electron chi connectivity index (χ2n) is 4.84. The van der Waals surface area contributed by atoms with Gasteiger partial charge in [0.2, 0.25) is 0 Å². The molecule has 0 aromatic heterocycles. The lowest BCUT2D eigenvalue weighted by molar-refractivity contribution is 0.0696. The second-order valence-corrected chi connectivity index (χ2v) is 4.84. The highest BCUT2D eigenvalue weighted by Gasteiger charge is 2.07. The average molecular weight is 280 g/mol. The molecule has 2 aromatic rings. The molecule has 0 aliphatic carbocycles. The van der Waals surface area contributed by atoms with E-state index >= 15 is 0 Å². The molecule has 2 N–H and O–H groups in total. The fourth-order valence-corrected chi connectivity index (χ4v) is 2.05. The Labute approximate surface area is 123 Å². The standard InChI is InChI=1S/C17H16N2O2/c1-12(15-7-5-13(10-18)6-8-15)19-11-14-3-2-4-16(9-14)17(20)21/h2-9,12,19H,11H2,1H3,(H,20,21). The Morgan fingerprint density at radius 1 is 1.29 bits per heavy atom. The normalized spacial score (nSPS) is 11.6. The zero-order valence-corrected chi connectivity index (χ0v) is 11.7. The molecular formula is C17H16N2O2. The quantitative estimate of drug-likeness (QED) is 0.882. The first-order valence-electron chi connectivity index (χ1n) is 6.66. The minimum atomic E-state index is -0.919. The number of hydrogen-bond acceptors (Lipinski definition) is 3. The Hall–Kier alpha value is -2.64. The summed E-state index contributed by atoms with van der Waals surface area (Å²) in [5.74, 6) is -0.919. The van der Waals surface area contributed by atoms with E-state index in [1.165, 1.54) is 0 Å². The molecule has 2 rings (SSSR count). The van der Waals surface area contributed by atoms with Crippen LogP contribution in [0.15, 0.2) is 48.5 Å². The SMILES string of the molecule is CC(NCc1cccc(C(=O)O)c1)c1ccc(C#N)cc1. The number of hydrogen-bond donors (Lipinski definition) is 2. The lowest BCUT2D eigenvalue weighted by Crippen LogP contribution is -2.18. The molecule has 1 unspecified atom stereocenters. The summed E-state index contributed by atoms with van der Waals surface area (Å²) in [5, 5.41) is 21.1. The van der Waals surface area contributed by atoms with Gasteiger partial charge in [-0.3, -0.25) is 0 Å². The van der Waals surface area contributed by atoms with Crippen LogP contribution in [-0.2, 0) is 6.54 Å². The second kappa shape index (κ2) is 6.69. The number of rotatable bonds is 5. The van der Waals surface area contributed by atoms with Gasteiger partial charge in [0, 0.05) is 12.6 Å². The molecule has 0 heterocycles. The van der Waals surface area contributed by atoms with E-state index in [-0.39, 0.29) is 6.04 Å². The molecule has 0 fully saturated rings. The number of carboxylic acids is 1. The number of nitrogens with one attached hydrogen (secondary N) is 1. The number of benzene rings is 2. The van der Waals surface area contributed by atoms with Crippen molar-refractivity contribution in [3.05, 3.63) is 70.8 Å². The van der Waals surface area contributed by atoms with E-state index in [1.54, 1.807) is 30.3 Å². The van der Waals surface area contributed by atoms with Gasteiger partial charge in [-0.25, -0.2) is 4.79 Å². The predicted molar refractivity (Wildman–Crippen MR) is 79.8 cm³/mol. The maximum Gasteiger partial charge on any atom is 0.335 e. The largest absolute Gasteiger partial charge is 0.478 e. The van der Waals surface area contributed by atoms with E-state index in [0.717, 1.165) is 11.1 Å². The van der Waals surface area contributed by atoms with Crippen LogP contribution >= 0.6 is 0 Å². The summed E-state index contributed by atoms with van der Waals surface area (Å²) in [6, 6.07) is 16.5. The van der Waals surface area contributed by atoms with Crippen molar-refractivity contribution in [1.29, 1.82) is 5.26 Å². The fraction of sp³-hybridized carbons (Fsp3) is 0.176. The molecule has 0 saturated heterocycles. The van der Waals surface area contributed by atoms with Crippen LogP contribution in [0.4, 0.5) is 0 Å². The molecule has 0 amide bonds. The molecule has 0 aliphatic rings. The summed E-state index contributed by atoms with van der Waals surface area (Å²) < 4.78 is 0. The topological polar surface area (TPSA) is 73.1 Å². The number of nitrogens with zero attached hydrogens (tertiary/aromatic N) is 1. The number of carboxylic acid groups (broad SMARTS) is 1. The number of aromatic carboxylic acids is 1. The van der Waals surface area contributed by atoms with Crippen molar-refractivity contribution in [2.24, 2.45) is 0 Å². The Morgan fingerprint density at radius 2 is 2.00 bits per heavy atom. The molecular weight excluding hydrogens is 264 g/mol. The van der Waals surface area contributed by atoms with Gasteiger partial charge < -0.3 is 10.4 Å². The highest BCUT2D eigenvalue weighted by atomic mass is 16.4. The van der Waals surface area contributed by atoms with Crippen LogP contribution in [0.5, 0.6) is 0 Å². The zero-order chi connectivity index (χ0) is 15.2. The van der Waals surface area contributed by atoms with Crippen LogP contribution in [0.1, 0.15) is 40.0 Å². The third-order valence-electron chi connectivity index (χ3n) is 3.33. The maximum atomic E-state index is 10.9. The molecule has 0 aliphatic heterocycles. The van der Waals surface area contributed by atoms with Gasteiger partial charge in [0.25, 0.3) is 0 Å². The maximum absolute atomic E-state index is 10.9. The molecule has 4 heteroatoms. The molecule has 21 heavy (non-hydrogen) atoms. The minimum absolute atomic E-state index is 0.117. The molecule has 4 nitrogen and oxygen atoms in total. The Balaban J connectivity index is 2.00. The van der Waals surface area contributed by atoms with Crippen LogP contribution in [0.25, 0.3) is 0 Å². The van der Waals surface area contributed by atoms with E-state index in [9.17, 15) is 4.79 Å². The van der Waals surface area contributed by atoms with E-state index in [0.29, 0.717) is 17.7 Å². The van der Waals surface area contributed by atoms with Gasteiger partial charge in [-0.15, -0.1) is 0 Å². The summed E-state index contributed by atoms with van der Waals surface area (Å²) in [7, 11) is 0. The van der Waals surface area contributed by atoms with Gasteiger partial charge in [-0.05, 0) is 42.3 Å². The third-order valence-corrected chi connectivity index (χ3v) is 3.33. The van der Waals surface area contributed by atoms with Crippen LogP contribution in [0.3, 0.4) is 0 Å². The molecule has 1 atom stereocenters. The van der Waals surface area contributed by atoms with Gasteiger partial charge in [0.05, 0.1) is 17.2 Å². The van der Waals surface area contributed by atoms with Crippen LogP contribution in [0, 0.1) is 11.3 Å². The Morgan fingerprint density at radius 3 is 2.62 bits per heavy atom. The number of nitriles is 1. The first-order chi connectivity index (χ1) is 10.1. The van der Waals surface area contributed by atoms with E-state index in [2.05, 4.69) is 11.4 Å². The first-order valence-corrected chi connectivity index (χ1v) is 6.66. The van der Waals surface area contributed by atoms with Crippen molar-refractivity contribution in [3.8, 4) is 6.07 Å². The Kier molecular flexibility index (Phi) is 4.70. The Bertz CT molecular complexity index is 672. The van der Waals surface area contributed by atoms with Crippen molar-refractivity contribution < 1.29 is 9.90 Å². The fourth-order valence-electron chi connectivity index (χ4n) is 2.05. The molecule has 0 bridgehead atoms. The summed E-state index contributed by atoms with van der Waals surface area (Å²) >= 11 is 0. The van der Waals surface area contributed by atoms with Crippen LogP contribution < -0.4 is 5.32 Å². The van der Waals surface area contributed by atoms with Gasteiger partial charge in [-0.1, -0.05) is 24.3 Å². The summed E-state index contributed by atoms with van der Waals surface area (Å²) in [6.07, 6.45) is 0. The lowest BCUT2D eigenvalue weighted by Gasteiger charge is -2.14. The van der Waals surface area contributed by atoms with Gasteiger partial charge >= 0.3 is 5.97 Å². The lowest BCUT2D eigenvalue weighted by atomic mass is 10.1. The molecule has 0 radical (unpaired) electrons. The average Bonchev–Trinajstić information content (AvgIpc) is 2.53. The highest BCUT2D eigenvalue weighted by Crippen LogP contribution is 2.14. The summed E-state index contributed by atoms with van der Waals surface area (Å²) in [4.78, 5) is 10.9. The van der Waals surface area contributed by atoms with Gasteiger partial charge in [0.15, 0.2) is 0 Å². The first kappa shape index (κ1) is 14.8. The molecule has 2 aromatic carbocycles. The smallest absolute Gasteiger partial charge is 0.335 e. The summed E-state index contributed by atoms with van der Waals surface area (Å²) in [6.45, 7) is 2.62. The van der Waals surface area contributed by atoms with E-state index < -0.39 is 5.97 Å². The van der Waals surface area contributed by atoms with Crippen LogP contribution in [0.2, 0.25) is 0 Å². The van der Waals surface area contributed by atoms with Gasteiger partial charge in [-0.2, -0.15) is 5.26 Å². The monoisotopic (exact) mass is 280 g/mol. The van der Waals surface area contributed by atoms with Gasteiger partial charge in [0.1, 0.15) is 0 Å². The van der Waals surface area contributed by atoms with Crippen molar-refractivity contribution in [3.63, 3.8) is 0 Å². The summed E-state index contributed by atoms with van der Waals surface area (Å²) in [5.41, 5.74) is 2.94. The zero-order valence-electron chi connectivity index (χ0n) is 11.7. The predicted octanol–water partition coefficient (Wildman–Crippen LogP) is 3.11. The molecule has 0 saturated carbocycles. The van der Waals surface area contributed by atoms with Crippen LogP contribution in [-0.4, -0.2) is 11.1 Å². The van der Waals surface area contributed by atoms with E-state index in [4.69, 9.17) is 10.4 Å². The van der Waals surface area contributed by atoms with Crippen molar-refractivity contribution in [2.75, 3.05) is 0 Å². The third kappa shape index (κ3) is 3.91. The van der Waals surface area contributed by atoms with E-state index in [1.807, 2.05) is 25.1 Å². The highest BCUT2D eigenvalue weighted by molar-refractivity contribution is 5.87. The molecule has 106 valence electrons.